The third-order valence-corrected chi connectivity index (χ3v) is 3.58. The molecule has 0 aromatic heterocycles. The van der Waals surface area contributed by atoms with E-state index in [4.69, 9.17) is 14.2 Å². The van der Waals surface area contributed by atoms with Crippen molar-refractivity contribution in [3.63, 3.8) is 0 Å². The highest BCUT2D eigenvalue weighted by Crippen LogP contribution is 2.34. The van der Waals surface area contributed by atoms with Crippen LogP contribution in [0.3, 0.4) is 0 Å². The van der Waals surface area contributed by atoms with Crippen LogP contribution in [-0.2, 0) is 6.42 Å². The molecule has 0 saturated heterocycles. The number of benzene rings is 2. The molecule has 2 aromatic carbocycles. The van der Waals surface area contributed by atoms with E-state index in [9.17, 15) is 4.79 Å². The molecule has 0 spiro atoms. The normalized spacial score (nSPS) is 14.2. The topological polar surface area (TPSA) is 68.8 Å². The van der Waals surface area contributed by atoms with E-state index >= 15 is 0 Å². The van der Waals surface area contributed by atoms with E-state index in [1.807, 2.05) is 18.2 Å². The minimum atomic E-state index is -0.308. The van der Waals surface area contributed by atoms with Crippen molar-refractivity contribution in [1.82, 2.24) is 0 Å². The van der Waals surface area contributed by atoms with Crippen LogP contribution in [0.5, 0.6) is 17.2 Å². The van der Waals surface area contributed by atoms with Crippen molar-refractivity contribution in [3.8, 4) is 17.2 Å². The highest BCUT2D eigenvalue weighted by Gasteiger charge is 2.15. The molecule has 0 aliphatic carbocycles. The van der Waals surface area contributed by atoms with E-state index < -0.39 is 0 Å². The zero-order chi connectivity index (χ0) is 14.9. The monoisotopic (exact) mass is 298 g/mol. The number of carbonyl (C=O) groups is 1. The van der Waals surface area contributed by atoms with Crippen LogP contribution >= 0.6 is 0 Å². The Morgan fingerprint density at radius 2 is 1.59 bits per heavy atom. The maximum absolute atomic E-state index is 12.1. The lowest BCUT2D eigenvalue weighted by atomic mass is 10.1. The molecule has 6 heteroatoms. The standard InChI is InChI=1S/C16H14N2O4/c19-16(17-11-1-3-13-10(7-11)5-6-20-13)18-12-2-4-14-15(8-12)22-9-21-14/h1-4,7-8H,5-6,9H2,(H2,17,18,19). The number of hydrogen-bond donors (Lipinski definition) is 2. The number of urea groups is 1. The molecule has 0 atom stereocenters. The molecule has 2 heterocycles. The first-order chi connectivity index (χ1) is 10.8. The fraction of sp³-hybridized carbons (Fsp3) is 0.188. The summed E-state index contributed by atoms with van der Waals surface area (Å²) in [5, 5.41) is 5.58. The van der Waals surface area contributed by atoms with Crippen LogP contribution in [0, 0.1) is 0 Å². The van der Waals surface area contributed by atoms with E-state index in [1.165, 1.54) is 0 Å². The largest absolute Gasteiger partial charge is 0.493 e. The predicted molar refractivity (Wildman–Crippen MR) is 80.8 cm³/mol. The van der Waals surface area contributed by atoms with E-state index in [1.54, 1.807) is 18.2 Å². The number of hydrogen-bond acceptors (Lipinski definition) is 4. The summed E-state index contributed by atoms with van der Waals surface area (Å²) >= 11 is 0. The van der Waals surface area contributed by atoms with Crippen LogP contribution in [0.15, 0.2) is 36.4 Å². The van der Waals surface area contributed by atoms with Crippen molar-refractivity contribution >= 4 is 17.4 Å². The van der Waals surface area contributed by atoms with Gasteiger partial charge in [0.25, 0.3) is 0 Å². The molecule has 0 radical (unpaired) electrons. The molecule has 2 aromatic rings. The smallest absolute Gasteiger partial charge is 0.323 e. The summed E-state index contributed by atoms with van der Waals surface area (Å²) in [4.78, 5) is 12.1. The average Bonchev–Trinajstić information content (AvgIpc) is 3.14. The maximum Gasteiger partial charge on any atom is 0.323 e. The van der Waals surface area contributed by atoms with Crippen LogP contribution in [0.4, 0.5) is 16.2 Å². The Kier molecular flexibility index (Phi) is 3.00. The van der Waals surface area contributed by atoms with Gasteiger partial charge in [-0.1, -0.05) is 0 Å². The van der Waals surface area contributed by atoms with Crippen LogP contribution in [0.25, 0.3) is 0 Å². The third kappa shape index (κ3) is 2.39. The number of anilines is 2. The number of nitrogens with one attached hydrogen (secondary N) is 2. The van der Waals surface area contributed by atoms with E-state index in [0.717, 1.165) is 23.4 Å². The van der Waals surface area contributed by atoms with Gasteiger partial charge in [0.15, 0.2) is 11.5 Å². The molecule has 2 aliphatic heterocycles. The maximum atomic E-state index is 12.1. The number of amides is 2. The fourth-order valence-electron chi connectivity index (χ4n) is 2.53. The van der Waals surface area contributed by atoms with Crippen molar-refractivity contribution in [3.05, 3.63) is 42.0 Å². The summed E-state index contributed by atoms with van der Waals surface area (Å²) in [6, 6.07) is 10.6. The van der Waals surface area contributed by atoms with E-state index in [0.29, 0.717) is 23.8 Å². The first kappa shape index (κ1) is 12.8. The van der Waals surface area contributed by atoms with Crippen LogP contribution in [-0.4, -0.2) is 19.4 Å². The second-order valence-electron chi connectivity index (χ2n) is 5.07. The first-order valence-corrected chi connectivity index (χ1v) is 7.01. The Balaban J connectivity index is 1.44. The minimum Gasteiger partial charge on any atom is -0.493 e. The fourth-order valence-corrected chi connectivity index (χ4v) is 2.53. The van der Waals surface area contributed by atoms with Crippen LogP contribution in [0.1, 0.15) is 5.56 Å². The van der Waals surface area contributed by atoms with Gasteiger partial charge < -0.3 is 24.8 Å². The van der Waals surface area contributed by atoms with Gasteiger partial charge in [-0.15, -0.1) is 0 Å². The summed E-state index contributed by atoms with van der Waals surface area (Å²) in [5.74, 6) is 2.21. The molecule has 0 bridgehead atoms. The SMILES string of the molecule is O=C(Nc1ccc2c(c1)CCO2)Nc1ccc2c(c1)OCO2. The molecule has 2 N–H and O–H groups in total. The molecule has 0 fully saturated rings. The van der Waals surface area contributed by atoms with Gasteiger partial charge in [0.1, 0.15) is 5.75 Å². The molecule has 0 unspecified atom stereocenters. The third-order valence-electron chi connectivity index (χ3n) is 3.58. The molecule has 2 aliphatic rings. The summed E-state index contributed by atoms with van der Waals surface area (Å²) in [7, 11) is 0. The number of carbonyl (C=O) groups excluding carboxylic acids is 1. The van der Waals surface area contributed by atoms with Crippen LogP contribution in [0.2, 0.25) is 0 Å². The number of rotatable bonds is 2. The lowest BCUT2D eigenvalue weighted by molar-refractivity contribution is 0.174. The van der Waals surface area contributed by atoms with Crippen molar-refractivity contribution in [2.75, 3.05) is 24.0 Å². The summed E-state index contributed by atoms with van der Waals surface area (Å²) in [6.07, 6.45) is 0.870. The second-order valence-corrected chi connectivity index (χ2v) is 5.07. The molecule has 0 saturated carbocycles. The Hall–Kier alpha value is -2.89. The molecular weight excluding hydrogens is 284 g/mol. The number of fused-ring (bicyclic) bond motifs is 2. The van der Waals surface area contributed by atoms with Gasteiger partial charge in [-0.3, -0.25) is 0 Å². The molecule has 2 amide bonds. The van der Waals surface area contributed by atoms with E-state index in [2.05, 4.69) is 10.6 Å². The average molecular weight is 298 g/mol. The Bertz CT molecular complexity index is 683. The summed E-state index contributed by atoms with van der Waals surface area (Å²) in [6.45, 7) is 0.907. The van der Waals surface area contributed by atoms with Gasteiger partial charge in [-0.2, -0.15) is 0 Å². The number of ether oxygens (including phenoxy) is 3. The first-order valence-electron chi connectivity index (χ1n) is 7.01. The lowest BCUT2D eigenvalue weighted by Crippen LogP contribution is -2.19. The summed E-state index contributed by atoms with van der Waals surface area (Å²) < 4.78 is 16.0. The Labute approximate surface area is 127 Å². The van der Waals surface area contributed by atoms with Gasteiger partial charge in [0.2, 0.25) is 6.79 Å². The molecule has 112 valence electrons. The van der Waals surface area contributed by atoms with Crippen LogP contribution < -0.4 is 24.8 Å². The van der Waals surface area contributed by atoms with E-state index in [-0.39, 0.29) is 12.8 Å². The van der Waals surface area contributed by atoms with Gasteiger partial charge in [-0.25, -0.2) is 4.79 Å². The predicted octanol–water partition coefficient (Wildman–Crippen LogP) is 2.99. The van der Waals surface area contributed by atoms with Gasteiger partial charge in [0.05, 0.1) is 6.61 Å². The second kappa shape index (κ2) is 5.14. The van der Waals surface area contributed by atoms with Gasteiger partial charge in [0, 0.05) is 23.9 Å². The Morgan fingerprint density at radius 3 is 2.45 bits per heavy atom. The van der Waals surface area contributed by atoms with Crippen molar-refractivity contribution < 1.29 is 19.0 Å². The van der Waals surface area contributed by atoms with Gasteiger partial charge in [-0.05, 0) is 35.9 Å². The minimum absolute atomic E-state index is 0.210. The molecule has 6 nitrogen and oxygen atoms in total. The highest BCUT2D eigenvalue weighted by atomic mass is 16.7. The van der Waals surface area contributed by atoms with Crippen molar-refractivity contribution in [1.29, 1.82) is 0 Å². The molecule has 4 rings (SSSR count). The molecule has 22 heavy (non-hydrogen) atoms. The zero-order valence-electron chi connectivity index (χ0n) is 11.7. The molecular formula is C16H14N2O4. The lowest BCUT2D eigenvalue weighted by Gasteiger charge is -2.09. The summed E-state index contributed by atoms with van der Waals surface area (Å²) in [5.41, 5.74) is 2.50. The highest BCUT2D eigenvalue weighted by molar-refractivity contribution is 6.00. The van der Waals surface area contributed by atoms with Crippen molar-refractivity contribution in [2.24, 2.45) is 0 Å². The van der Waals surface area contributed by atoms with Crippen molar-refractivity contribution in [2.45, 2.75) is 6.42 Å². The zero-order valence-corrected chi connectivity index (χ0v) is 11.7. The van der Waals surface area contributed by atoms with Gasteiger partial charge >= 0.3 is 6.03 Å². The quantitative estimate of drug-likeness (QED) is 0.894. The Morgan fingerprint density at radius 1 is 0.864 bits per heavy atom.